The highest BCUT2D eigenvalue weighted by Gasteiger charge is 2.29. The van der Waals surface area contributed by atoms with Gasteiger partial charge in [-0.3, -0.25) is 0 Å². The van der Waals surface area contributed by atoms with Gasteiger partial charge in [0.1, 0.15) is 16.5 Å². The third-order valence-electron chi connectivity index (χ3n) is 5.58. The molecule has 0 unspecified atom stereocenters. The maximum atomic E-state index is 2.50. The molecule has 4 heteroatoms. The zero-order valence-corrected chi connectivity index (χ0v) is 18.8. The van der Waals surface area contributed by atoms with Crippen LogP contribution in [0.2, 0.25) is 36.8 Å². The van der Waals surface area contributed by atoms with E-state index in [0.29, 0.717) is 0 Å². The molecule has 0 fully saturated rings. The maximum Gasteiger partial charge on any atom is 0.127 e. The van der Waals surface area contributed by atoms with Crippen molar-refractivity contribution < 1.29 is 0 Å². The fraction of sp³-hybridized carbons (Fsp3) is 1.00. The summed E-state index contributed by atoms with van der Waals surface area (Å²) in [5.74, 6) is 0. The van der Waals surface area contributed by atoms with Crippen LogP contribution in [0.1, 0.15) is 47.5 Å². The summed E-state index contributed by atoms with van der Waals surface area (Å²) in [6.45, 7) is 14.1. The van der Waals surface area contributed by atoms with Crippen LogP contribution in [0, 0.1) is 0 Å². The second-order valence-electron chi connectivity index (χ2n) is 7.07. The molecule has 2 nitrogen and oxygen atoms in total. The topological polar surface area (TPSA) is 6.48 Å². The predicted molar refractivity (Wildman–Crippen MR) is 106 cm³/mol. The first kappa shape index (κ1) is 23.6. The molecular weight excluding hydrogens is 288 g/mol. The van der Waals surface area contributed by atoms with E-state index in [2.05, 4.69) is 78.5 Å². The Morgan fingerprint density at radius 3 is 1.05 bits per heavy atom. The minimum Gasteiger partial charge on any atom is -0.329 e. The Bertz CT molecular complexity index is 225. The fourth-order valence-corrected chi connectivity index (χ4v) is 10.0. The highest BCUT2D eigenvalue weighted by molar-refractivity contribution is 6.77. The van der Waals surface area contributed by atoms with Crippen LogP contribution in [0.25, 0.3) is 0 Å². The van der Waals surface area contributed by atoms with Crippen molar-refractivity contribution in [2.24, 2.45) is 0 Å². The molecule has 130 valence electrons. The molecular formula is C17H44N2Si2. The molecule has 0 heterocycles. The molecule has 0 N–H and O–H groups in total. The first-order valence-electron chi connectivity index (χ1n) is 9.04. The van der Waals surface area contributed by atoms with Crippen molar-refractivity contribution >= 4 is 16.5 Å². The Kier molecular flexibility index (Phi) is 13.3. The second-order valence-corrected chi connectivity index (χ2v) is 17.4. The number of hydrogen-bond donors (Lipinski definition) is 0. The summed E-state index contributed by atoms with van der Waals surface area (Å²) >= 11 is 0. The minimum atomic E-state index is -0.993. The Hall–Kier alpha value is 0.354. The van der Waals surface area contributed by atoms with Gasteiger partial charge in [0.05, 0.1) is 0 Å². The van der Waals surface area contributed by atoms with Crippen LogP contribution in [-0.4, -0.2) is 53.8 Å². The van der Waals surface area contributed by atoms with E-state index in [-0.39, 0.29) is 0 Å². The molecule has 21 heavy (non-hydrogen) atoms. The number of nitrogens with zero attached hydrogens (tertiary/aromatic N) is 2. The van der Waals surface area contributed by atoms with Crippen LogP contribution < -0.4 is 0 Å². The largest absolute Gasteiger partial charge is 0.329 e. The van der Waals surface area contributed by atoms with E-state index in [1.807, 2.05) is 0 Å². The van der Waals surface area contributed by atoms with Gasteiger partial charge < -0.3 is 9.13 Å². The Labute approximate surface area is 138 Å². The van der Waals surface area contributed by atoms with Crippen LogP contribution in [0.4, 0.5) is 0 Å². The highest BCUT2D eigenvalue weighted by Crippen LogP contribution is 2.22. The van der Waals surface area contributed by atoms with Crippen molar-refractivity contribution in [3.63, 3.8) is 0 Å². The average Bonchev–Trinajstić information content (AvgIpc) is 2.42. The average molecular weight is 333 g/mol. The highest BCUT2D eigenvalue weighted by atomic mass is 28.3. The monoisotopic (exact) mass is 332 g/mol. The van der Waals surface area contributed by atoms with E-state index in [4.69, 9.17) is 0 Å². The Morgan fingerprint density at radius 1 is 0.619 bits per heavy atom. The molecule has 0 aliphatic carbocycles. The summed E-state index contributed by atoms with van der Waals surface area (Å²) in [7, 11) is 7.02. The first-order valence-corrected chi connectivity index (χ1v) is 14.5. The van der Waals surface area contributed by atoms with E-state index in [1.165, 1.54) is 43.1 Å². The maximum absolute atomic E-state index is 2.50. The van der Waals surface area contributed by atoms with E-state index < -0.39 is 16.5 Å². The van der Waals surface area contributed by atoms with Gasteiger partial charge in [-0.05, 0) is 58.4 Å². The van der Waals surface area contributed by atoms with Crippen molar-refractivity contribution in [2.75, 3.05) is 28.2 Å². The summed E-state index contributed by atoms with van der Waals surface area (Å²) in [4.78, 5) is 0. The zero-order valence-electron chi connectivity index (χ0n) is 16.8. The van der Waals surface area contributed by atoms with Gasteiger partial charge in [-0.15, -0.1) is 0 Å². The summed E-state index contributed by atoms with van der Waals surface area (Å²) in [6.07, 6.45) is 2.70. The molecule has 0 bridgehead atoms. The first-order chi connectivity index (χ1) is 9.69. The third-order valence-corrected chi connectivity index (χ3v) is 16.7. The molecule has 0 aromatic rings. The molecule has 0 spiro atoms. The van der Waals surface area contributed by atoms with Crippen LogP contribution >= 0.6 is 0 Å². The molecule has 0 saturated carbocycles. The molecule has 0 rings (SSSR count). The van der Waals surface area contributed by atoms with Gasteiger partial charge in [0.2, 0.25) is 0 Å². The molecule has 0 aromatic heterocycles. The summed E-state index contributed by atoms with van der Waals surface area (Å²) < 4.78 is 4.99. The predicted octanol–water partition coefficient (Wildman–Crippen LogP) is 5.50. The van der Waals surface area contributed by atoms with Gasteiger partial charge in [0.25, 0.3) is 0 Å². The van der Waals surface area contributed by atoms with Gasteiger partial charge in [-0.2, -0.15) is 0 Å². The van der Waals surface area contributed by atoms with Crippen LogP contribution in [0.15, 0.2) is 0 Å². The van der Waals surface area contributed by atoms with Gasteiger partial charge in [0, 0.05) is 0 Å². The molecule has 0 aliphatic heterocycles. The lowest BCUT2D eigenvalue weighted by Gasteiger charge is -2.35. The summed E-state index contributed by atoms with van der Waals surface area (Å²) in [5.41, 5.74) is 0. The Balaban J connectivity index is 0. The van der Waals surface area contributed by atoms with E-state index in [0.717, 1.165) is 0 Å². The molecule has 0 aromatic carbocycles. The molecule has 0 atom stereocenters. The van der Waals surface area contributed by atoms with Gasteiger partial charge in [-0.1, -0.05) is 54.0 Å². The van der Waals surface area contributed by atoms with E-state index in [9.17, 15) is 0 Å². The van der Waals surface area contributed by atoms with Crippen molar-refractivity contribution in [3.8, 4) is 0 Å². The SMILES string of the molecule is CCC[Si](C)(CCC)N(C)C.CC[Si](CC)(CC)N(C)C. The lowest BCUT2D eigenvalue weighted by molar-refractivity contribution is 0.600. The van der Waals surface area contributed by atoms with Crippen LogP contribution in [0.3, 0.4) is 0 Å². The second kappa shape index (κ2) is 11.9. The zero-order chi connectivity index (χ0) is 17.1. The van der Waals surface area contributed by atoms with E-state index >= 15 is 0 Å². The van der Waals surface area contributed by atoms with E-state index in [1.54, 1.807) is 0 Å². The van der Waals surface area contributed by atoms with Crippen LogP contribution in [-0.2, 0) is 0 Å². The van der Waals surface area contributed by atoms with Crippen molar-refractivity contribution in [2.45, 2.75) is 84.2 Å². The quantitative estimate of drug-likeness (QED) is 0.515. The van der Waals surface area contributed by atoms with Gasteiger partial charge in [-0.25, -0.2) is 0 Å². The third kappa shape index (κ3) is 7.96. The summed E-state index contributed by atoms with van der Waals surface area (Å²) in [6, 6.07) is 7.09. The number of hydrogen-bond acceptors (Lipinski definition) is 2. The molecule has 0 radical (unpaired) electrons. The standard InChI is InChI=1S/C9H23NSi.C8H21NSi/c1-6-8-11(5,9-7-2)10(3)4;1-6-10(7-2,8-3)9(4)5/h6-9H2,1-5H3;6-8H2,1-5H3. The smallest absolute Gasteiger partial charge is 0.127 e. The number of rotatable bonds is 9. The van der Waals surface area contributed by atoms with Crippen molar-refractivity contribution in [3.05, 3.63) is 0 Å². The normalized spacial score (nSPS) is 12.6. The molecule has 0 aliphatic rings. The lowest BCUT2D eigenvalue weighted by atomic mass is 10.6. The Morgan fingerprint density at radius 2 is 0.952 bits per heavy atom. The van der Waals surface area contributed by atoms with Gasteiger partial charge >= 0.3 is 0 Å². The lowest BCUT2D eigenvalue weighted by Crippen LogP contribution is -2.47. The van der Waals surface area contributed by atoms with Crippen molar-refractivity contribution in [1.29, 1.82) is 0 Å². The fourth-order valence-electron chi connectivity index (χ4n) is 3.35. The molecule has 0 amide bonds. The van der Waals surface area contributed by atoms with Gasteiger partial charge in [0.15, 0.2) is 0 Å². The minimum absolute atomic E-state index is 0.961. The van der Waals surface area contributed by atoms with Crippen molar-refractivity contribution in [1.82, 2.24) is 9.13 Å². The van der Waals surface area contributed by atoms with Crippen LogP contribution in [0.5, 0.6) is 0 Å². The summed E-state index contributed by atoms with van der Waals surface area (Å²) in [5, 5.41) is 0. The molecule has 0 saturated heterocycles.